The fourth-order valence-electron chi connectivity index (χ4n) is 1.61. The van der Waals surface area contributed by atoms with E-state index in [9.17, 15) is 4.39 Å². The molecular formula is C11H11ClFN3S. The van der Waals surface area contributed by atoms with Crippen molar-refractivity contribution in [3.8, 4) is 0 Å². The first kappa shape index (κ1) is 12.4. The van der Waals surface area contributed by atoms with Crippen LogP contribution in [0.25, 0.3) is 0 Å². The van der Waals surface area contributed by atoms with Crippen LogP contribution in [-0.2, 0) is 6.42 Å². The molecule has 0 fully saturated rings. The van der Waals surface area contributed by atoms with Gasteiger partial charge in [0.15, 0.2) is 0 Å². The molecule has 6 heteroatoms. The topological polar surface area (TPSA) is 37.8 Å². The van der Waals surface area contributed by atoms with E-state index in [1.807, 2.05) is 13.1 Å². The molecule has 17 heavy (non-hydrogen) atoms. The first-order valence-electron chi connectivity index (χ1n) is 5.10. The molecule has 0 saturated heterocycles. The number of nitrogens with one attached hydrogen (secondary N) is 1. The molecule has 0 spiro atoms. The van der Waals surface area contributed by atoms with Crippen LogP contribution in [0.2, 0.25) is 5.02 Å². The zero-order valence-electron chi connectivity index (χ0n) is 9.15. The van der Waals surface area contributed by atoms with E-state index in [1.165, 1.54) is 6.07 Å². The summed E-state index contributed by atoms with van der Waals surface area (Å²) >= 11 is 7.07. The monoisotopic (exact) mass is 271 g/mol. The van der Waals surface area contributed by atoms with E-state index in [-0.39, 0.29) is 11.1 Å². The Morgan fingerprint density at radius 2 is 2.35 bits per heavy atom. The van der Waals surface area contributed by atoms with Gasteiger partial charge >= 0.3 is 0 Å². The first-order valence-corrected chi connectivity index (χ1v) is 6.21. The highest BCUT2D eigenvalue weighted by molar-refractivity contribution is 6.99. The summed E-state index contributed by atoms with van der Waals surface area (Å²) in [5.74, 6) is -0.393. The predicted octanol–water partition coefficient (Wildman–Crippen LogP) is 2.83. The maximum atomic E-state index is 13.3. The molecule has 1 aromatic heterocycles. The maximum Gasteiger partial charge on any atom is 0.142 e. The third-order valence-corrected chi connectivity index (χ3v) is 3.45. The Hall–Kier alpha value is -1.04. The second-order valence-corrected chi connectivity index (χ2v) is 4.53. The van der Waals surface area contributed by atoms with Gasteiger partial charge in [0.1, 0.15) is 5.82 Å². The van der Waals surface area contributed by atoms with Crippen LogP contribution in [0.5, 0.6) is 0 Å². The summed E-state index contributed by atoms with van der Waals surface area (Å²) in [6.07, 6.45) is 2.29. The molecule has 0 aliphatic carbocycles. The second kappa shape index (κ2) is 5.53. The fraction of sp³-hybridized carbons (Fsp3) is 0.273. The van der Waals surface area contributed by atoms with Gasteiger partial charge < -0.3 is 5.32 Å². The zero-order chi connectivity index (χ0) is 12.3. The average Bonchev–Trinajstić information content (AvgIpc) is 2.85. The van der Waals surface area contributed by atoms with Crippen molar-refractivity contribution >= 4 is 23.3 Å². The molecular weight excluding hydrogens is 261 g/mol. The summed E-state index contributed by atoms with van der Waals surface area (Å²) in [6, 6.07) is 4.82. The number of rotatable bonds is 4. The van der Waals surface area contributed by atoms with Crippen molar-refractivity contribution in [2.24, 2.45) is 0 Å². The number of nitrogens with zero attached hydrogens (tertiary/aromatic N) is 2. The van der Waals surface area contributed by atoms with Gasteiger partial charge in [-0.15, -0.1) is 0 Å². The van der Waals surface area contributed by atoms with Crippen LogP contribution >= 0.6 is 23.3 Å². The van der Waals surface area contributed by atoms with Crippen molar-refractivity contribution < 1.29 is 4.39 Å². The number of likely N-dealkylation sites (N-methyl/N-ethyl adjacent to an activating group) is 1. The lowest BCUT2D eigenvalue weighted by Gasteiger charge is -2.14. The van der Waals surface area contributed by atoms with Gasteiger partial charge in [-0.1, -0.05) is 23.7 Å². The van der Waals surface area contributed by atoms with E-state index in [2.05, 4.69) is 14.1 Å². The molecule has 0 saturated carbocycles. The third-order valence-electron chi connectivity index (χ3n) is 2.54. The number of hydrogen-bond donors (Lipinski definition) is 1. The van der Waals surface area contributed by atoms with Crippen LogP contribution in [0.3, 0.4) is 0 Å². The van der Waals surface area contributed by atoms with Crippen molar-refractivity contribution in [3.63, 3.8) is 0 Å². The Morgan fingerprint density at radius 1 is 1.53 bits per heavy atom. The minimum atomic E-state index is -0.393. The van der Waals surface area contributed by atoms with Crippen LogP contribution in [0, 0.1) is 5.82 Å². The fourth-order valence-corrected chi connectivity index (χ4v) is 2.28. The SMILES string of the molecule is CNC(Cc1cccc(F)c1Cl)c1cnsn1. The van der Waals surface area contributed by atoms with Gasteiger partial charge in [-0.3, -0.25) is 0 Å². The minimum Gasteiger partial charge on any atom is -0.311 e. The molecule has 90 valence electrons. The lowest BCUT2D eigenvalue weighted by molar-refractivity contribution is 0.574. The highest BCUT2D eigenvalue weighted by Gasteiger charge is 2.15. The molecule has 2 rings (SSSR count). The molecule has 1 N–H and O–H groups in total. The highest BCUT2D eigenvalue weighted by Crippen LogP contribution is 2.24. The molecule has 3 nitrogen and oxygen atoms in total. The van der Waals surface area contributed by atoms with Gasteiger partial charge in [-0.25, -0.2) is 4.39 Å². The molecule has 1 heterocycles. The van der Waals surface area contributed by atoms with E-state index in [0.717, 1.165) is 23.0 Å². The average molecular weight is 272 g/mol. The summed E-state index contributed by atoms with van der Waals surface area (Å²) in [6.45, 7) is 0. The molecule has 2 aromatic rings. The smallest absolute Gasteiger partial charge is 0.142 e. The van der Waals surface area contributed by atoms with Crippen LogP contribution in [-0.4, -0.2) is 15.8 Å². The molecule has 0 aliphatic rings. The highest BCUT2D eigenvalue weighted by atomic mass is 35.5. The molecule has 0 aliphatic heterocycles. The molecule has 0 radical (unpaired) electrons. The number of halogens is 2. The third kappa shape index (κ3) is 2.80. The van der Waals surface area contributed by atoms with E-state index < -0.39 is 5.82 Å². The van der Waals surface area contributed by atoms with Gasteiger partial charge in [-0.05, 0) is 25.1 Å². The summed E-state index contributed by atoms with van der Waals surface area (Å²) in [5.41, 5.74) is 1.61. The van der Waals surface area contributed by atoms with Crippen LogP contribution < -0.4 is 5.32 Å². The van der Waals surface area contributed by atoms with Crippen molar-refractivity contribution in [2.45, 2.75) is 12.5 Å². The largest absolute Gasteiger partial charge is 0.311 e. The van der Waals surface area contributed by atoms with Crippen LogP contribution in [0.4, 0.5) is 4.39 Å². The summed E-state index contributed by atoms with van der Waals surface area (Å²) in [7, 11) is 1.83. The van der Waals surface area contributed by atoms with Gasteiger partial charge in [0.05, 0.1) is 34.7 Å². The standard InChI is InChI=1S/C11H11ClFN3S/c1-14-9(10-6-15-17-16-10)5-7-3-2-4-8(13)11(7)12/h2-4,6,9,14H,5H2,1H3. The normalized spacial score (nSPS) is 12.6. The molecule has 0 amide bonds. The quantitative estimate of drug-likeness (QED) is 0.929. The van der Waals surface area contributed by atoms with Crippen LogP contribution in [0.1, 0.15) is 17.3 Å². The molecule has 0 bridgehead atoms. The van der Waals surface area contributed by atoms with E-state index in [1.54, 1.807) is 12.3 Å². The maximum absolute atomic E-state index is 13.3. The zero-order valence-corrected chi connectivity index (χ0v) is 10.7. The molecule has 1 atom stereocenters. The van der Waals surface area contributed by atoms with Crippen molar-refractivity contribution in [1.29, 1.82) is 0 Å². The Labute approximate surface area is 108 Å². The summed E-state index contributed by atoms with van der Waals surface area (Å²) in [4.78, 5) is 0. The summed E-state index contributed by atoms with van der Waals surface area (Å²) in [5, 5.41) is 3.30. The Balaban J connectivity index is 2.22. The van der Waals surface area contributed by atoms with Gasteiger partial charge in [-0.2, -0.15) is 8.75 Å². The molecule has 1 aromatic carbocycles. The van der Waals surface area contributed by atoms with Crippen molar-refractivity contribution in [3.05, 3.63) is 46.5 Å². The van der Waals surface area contributed by atoms with E-state index in [0.29, 0.717) is 6.42 Å². The lowest BCUT2D eigenvalue weighted by atomic mass is 10.0. The van der Waals surface area contributed by atoms with Crippen LogP contribution in [0.15, 0.2) is 24.4 Å². The predicted molar refractivity (Wildman–Crippen MR) is 66.8 cm³/mol. The Morgan fingerprint density at radius 3 is 3.00 bits per heavy atom. The summed E-state index contributed by atoms with van der Waals surface area (Å²) < 4.78 is 21.4. The minimum absolute atomic E-state index is 0.00644. The number of aromatic nitrogens is 2. The number of benzene rings is 1. The Bertz CT molecular complexity index is 489. The van der Waals surface area contributed by atoms with Gasteiger partial charge in [0.25, 0.3) is 0 Å². The second-order valence-electron chi connectivity index (χ2n) is 3.59. The van der Waals surface area contributed by atoms with E-state index in [4.69, 9.17) is 11.6 Å². The van der Waals surface area contributed by atoms with Gasteiger partial charge in [0.2, 0.25) is 0 Å². The molecule has 1 unspecified atom stereocenters. The lowest BCUT2D eigenvalue weighted by Crippen LogP contribution is -2.19. The Kier molecular flexibility index (Phi) is 4.04. The van der Waals surface area contributed by atoms with E-state index >= 15 is 0 Å². The van der Waals surface area contributed by atoms with Crippen molar-refractivity contribution in [1.82, 2.24) is 14.1 Å². The number of hydrogen-bond acceptors (Lipinski definition) is 4. The van der Waals surface area contributed by atoms with Gasteiger partial charge in [0, 0.05) is 0 Å². The first-order chi connectivity index (χ1) is 8.22. The van der Waals surface area contributed by atoms with Crippen molar-refractivity contribution in [2.75, 3.05) is 7.05 Å².